The van der Waals surface area contributed by atoms with Crippen LogP contribution in [0.1, 0.15) is 47.0 Å². The van der Waals surface area contributed by atoms with E-state index in [9.17, 15) is 4.79 Å². The van der Waals surface area contributed by atoms with Gasteiger partial charge in [0.1, 0.15) is 6.29 Å². The molecule has 2 nitrogen and oxygen atoms in total. The molecular weight excluding hydrogens is 216 g/mol. The van der Waals surface area contributed by atoms with Crippen molar-refractivity contribution < 1.29 is 9.22 Å². The minimum Gasteiger partial charge on any atom is -0.417 e. The molecule has 0 radical (unpaired) electrons. The molecule has 0 aromatic rings. The summed E-state index contributed by atoms with van der Waals surface area (Å²) in [6.45, 7) is 14.2. The van der Waals surface area contributed by atoms with Crippen molar-refractivity contribution in [2.75, 3.05) is 6.61 Å². The van der Waals surface area contributed by atoms with Crippen LogP contribution in [0.2, 0.25) is 18.1 Å². The highest BCUT2D eigenvalue weighted by molar-refractivity contribution is 6.74. The lowest BCUT2D eigenvalue weighted by molar-refractivity contribution is -0.110. The summed E-state index contributed by atoms with van der Waals surface area (Å²) in [6.07, 6.45) is 4.19. The fraction of sp³-hybridized carbons (Fsp3) is 0.923. The molecule has 0 aliphatic heterocycles. The van der Waals surface area contributed by atoms with Crippen molar-refractivity contribution in [2.24, 2.45) is 5.92 Å². The average molecular weight is 244 g/mol. The number of aldehydes is 1. The van der Waals surface area contributed by atoms with Crippen LogP contribution >= 0.6 is 0 Å². The summed E-state index contributed by atoms with van der Waals surface area (Å²) in [7, 11) is -1.56. The highest BCUT2D eigenvalue weighted by atomic mass is 28.4. The van der Waals surface area contributed by atoms with Crippen molar-refractivity contribution in [3.8, 4) is 0 Å². The Morgan fingerprint density at radius 3 is 2.25 bits per heavy atom. The molecule has 0 bridgehead atoms. The molecule has 0 aliphatic carbocycles. The zero-order valence-corrected chi connectivity index (χ0v) is 12.8. The maximum Gasteiger partial charge on any atom is 0.191 e. The average Bonchev–Trinajstić information content (AvgIpc) is 2.15. The lowest BCUT2D eigenvalue weighted by Gasteiger charge is -2.36. The molecule has 0 heterocycles. The van der Waals surface area contributed by atoms with E-state index in [-0.39, 0.29) is 5.92 Å². The quantitative estimate of drug-likeness (QED) is 0.384. The Labute approximate surface area is 102 Å². The topological polar surface area (TPSA) is 26.3 Å². The SMILES string of the molecule is CC(C=O)CCCCO[Si](C)(C)C(C)(C)C. The maximum absolute atomic E-state index is 10.4. The normalized spacial score (nSPS) is 14.9. The minimum absolute atomic E-state index is 0.202. The molecule has 1 unspecified atom stereocenters. The molecular formula is C13H28O2Si. The van der Waals surface area contributed by atoms with Crippen LogP contribution in [-0.4, -0.2) is 21.2 Å². The summed E-state index contributed by atoms with van der Waals surface area (Å²) < 4.78 is 6.06. The number of unbranched alkanes of at least 4 members (excludes halogenated alkanes) is 1. The summed E-state index contributed by atoms with van der Waals surface area (Å²) in [6, 6.07) is 0. The zero-order valence-electron chi connectivity index (χ0n) is 11.8. The summed E-state index contributed by atoms with van der Waals surface area (Å²) in [5, 5.41) is 0.295. The minimum atomic E-state index is -1.56. The molecule has 0 fully saturated rings. The molecule has 0 spiro atoms. The smallest absolute Gasteiger partial charge is 0.191 e. The van der Waals surface area contributed by atoms with Crippen LogP contribution in [0.3, 0.4) is 0 Å². The third kappa shape index (κ3) is 5.80. The number of carbonyl (C=O) groups excluding carboxylic acids is 1. The molecule has 0 N–H and O–H groups in total. The molecule has 0 aliphatic rings. The number of carbonyl (C=O) groups is 1. The summed E-state index contributed by atoms with van der Waals surface area (Å²) >= 11 is 0. The van der Waals surface area contributed by atoms with Gasteiger partial charge in [-0.3, -0.25) is 0 Å². The zero-order chi connectivity index (χ0) is 12.8. The van der Waals surface area contributed by atoms with Gasteiger partial charge in [-0.25, -0.2) is 0 Å². The van der Waals surface area contributed by atoms with Gasteiger partial charge in [0, 0.05) is 12.5 Å². The van der Waals surface area contributed by atoms with Gasteiger partial charge in [-0.05, 0) is 31.0 Å². The second-order valence-electron chi connectivity index (χ2n) is 6.22. The van der Waals surface area contributed by atoms with Crippen molar-refractivity contribution in [3.63, 3.8) is 0 Å². The number of hydrogen-bond donors (Lipinski definition) is 0. The van der Waals surface area contributed by atoms with Crippen LogP contribution in [0.4, 0.5) is 0 Å². The predicted octanol–water partition coefficient (Wildman–Crippen LogP) is 4.01. The van der Waals surface area contributed by atoms with Gasteiger partial charge in [-0.15, -0.1) is 0 Å². The Balaban J connectivity index is 3.70. The first-order valence-electron chi connectivity index (χ1n) is 6.30. The van der Waals surface area contributed by atoms with E-state index in [4.69, 9.17) is 4.43 Å². The molecule has 0 saturated carbocycles. The van der Waals surface area contributed by atoms with Crippen LogP contribution < -0.4 is 0 Å². The molecule has 96 valence electrons. The Hall–Kier alpha value is -0.153. The second-order valence-corrected chi connectivity index (χ2v) is 11.0. The van der Waals surface area contributed by atoms with Gasteiger partial charge >= 0.3 is 0 Å². The lowest BCUT2D eigenvalue weighted by atomic mass is 10.1. The Kier molecular flexibility index (Phi) is 6.49. The summed E-state index contributed by atoms with van der Waals surface area (Å²) in [5.74, 6) is 0.202. The number of hydrogen-bond acceptors (Lipinski definition) is 2. The van der Waals surface area contributed by atoms with E-state index >= 15 is 0 Å². The van der Waals surface area contributed by atoms with E-state index < -0.39 is 8.32 Å². The fourth-order valence-corrected chi connectivity index (χ4v) is 2.27. The molecule has 0 aromatic heterocycles. The van der Waals surface area contributed by atoms with Crippen LogP contribution in [0.25, 0.3) is 0 Å². The Bertz CT molecular complexity index is 206. The first kappa shape index (κ1) is 15.8. The van der Waals surface area contributed by atoms with E-state index in [2.05, 4.69) is 33.9 Å². The van der Waals surface area contributed by atoms with E-state index in [1.54, 1.807) is 0 Å². The monoisotopic (exact) mass is 244 g/mol. The first-order chi connectivity index (χ1) is 7.20. The van der Waals surface area contributed by atoms with Crippen molar-refractivity contribution in [2.45, 2.75) is 65.1 Å². The van der Waals surface area contributed by atoms with Gasteiger partial charge in [-0.2, -0.15) is 0 Å². The molecule has 3 heteroatoms. The summed E-state index contributed by atoms with van der Waals surface area (Å²) in [4.78, 5) is 10.4. The molecule has 0 amide bonds. The Morgan fingerprint density at radius 1 is 1.25 bits per heavy atom. The highest BCUT2D eigenvalue weighted by Gasteiger charge is 2.36. The third-order valence-corrected chi connectivity index (χ3v) is 8.09. The first-order valence-corrected chi connectivity index (χ1v) is 9.21. The van der Waals surface area contributed by atoms with Gasteiger partial charge in [-0.1, -0.05) is 34.1 Å². The molecule has 1 atom stereocenters. The fourth-order valence-electron chi connectivity index (χ4n) is 1.18. The maximum atomic E-state index is 10.4. The number of rotatable bonds is 7. The standard InChI is InChI=1S/C13H28O2Si/c1-12(11-14)9-7-8-10-15-16(5,6)13(2,3)4/h11-12H,7-10H2,1-6H3. The van der Waals surface area contributed by atoms with Gasteiger partial charge in [0.2, 0.25) is 0 Å². The molecule has 0 aromatic carbocycles. The van der Waals surface area contributed by atoms with Crippen molar-refractivity contribution >= 4 is 14.6 Å². The van der Waals surface area contributed by atoms with Gasteiger partial charge in [0.15, 0.2) is 8.32 Å². The van der Waals surface area contributed by atoms with Crippen molar-refractivity contribution in [3.05, 3.63) is 0 Å². The molecule has 0 rings (SSSR count). The lowest BCUT2D eigenvalue weighted by Crippen LogP contribution is -2.40. The molecule has 16 heavy (non-hydrogen) atoms. The van der Waals surface area contributed by atoms with E-state index in [0.29, 0.717) is 5.04 Å². The van der Waals surface area contributed by atoms with E-state index in [0.717, 1.165) is 32.2 Å². The predicted molar refractivity (Wildman–Crippen MR) is 72.2 cm³/mol. The van der Waals surface area contributed by atoms with Gasteiger partial charge < -0.3 is 9.22 Å². The van der Waals surface area contributed by atoms with E-state index in [1.165, 1.54) is 0 Å². The van der Waals surface area contributed by atoms with Gasteiger partial charge in [0.05, 0.1) is 0 Å². The van der Waals surface area contributed by atoms with E-state index in [1.807, 2.05) is 6.92 Å². The van der Waals surface area contributed by atoms with Gasteiger partial charge in [0.25, 0.3) is 0 Å². The van der Waals surface area contributed by atoms with Crippen LogP contribution in [0.15, 0.2) is 0 Å². The van der Waals surface area contributed by atoms with Crippen LogP contribution in [0.5, 0.6) is 0 Å². The largest absolute Gasteiger partial charge is 0.417 e. The van der Waals surface area contributed by atoms with Crippen LogP contribution in [-0.2, 0) is 9.22 Å². The second kappa shape index (κ2) is 6.55. The molecule has 0 saturated heterocycles. The highest BCUT2D eigenvalue weighted by Crippen LogP contribution is 2.36. The Morgan fingerprint density at radius 2 is 1.81 bits per heavy atom. The van der Waals surface area contributed by atoms with Crippen molar-refractivity contribution in [1.82, 2.24) is 0 Å². The van der Waals surface area contributed by atoms with Crippen LogP contribution in [0, 0.1) is 5.92 Å². The summed E-state index contributed by atoms with van der Waals surface area (Å²) in [5.41, 5.74) is 0. The third-order valence-electron chi connectivity index (χ3n) is 3.56. The van der Waals surface area contributed by atoms with Crippen molar-refractivity contribution in [1.29, 1.82) is 0 Å².